The van der Waals surface area contributed by atoms with Gasteiger partial charge in [0.15, 0.2) is 17.5 Å². The first kappa shape index (κ1) is 10.3. The molecule has 70 valence electrons. The summed E-state index contributed by atoms with van der Waals surface area (Å²) in [5.41, 5.74) is 0. The predicted molar refractivity (Wildman–Crippen MR) is 45.4 cm³/mol. The summed E-state index contributed by atoms with van der Waals surface area (Å²) >= 11 is 9.43. The third-order valence-corrected chi connectivity index (χ3v) is 1.32. The summed E-state index contributed by atoms with van der Waals surface area (Å²) in [5, 5.41) is 0. The molecule has 0 aliphatic rings. The van der Waals surface area contributed by atoms with E-state index in [4.69, 9.17) is 11.6 Å². The van der Waals surface area contributed by atoms with Gasteiger partial charge in [-0.25, -0.2) is 13.2 Å². The first-order valence-corrected chi connectivity index (χ1v) is 3.81. The van der Waals surface area contributed by atoms with Crippen LogP contribution in [-0.2, 0) is 0 Å². The van der Waals surface area contributed by atoms with Crippen molar-refractivity contribution in [3.8, 4) is 5.75 Å². The molecule has 0 aliphatic carbocycles. The number of halogens is 4. The van der Waals surface area contributed by atoms with Crippen molar-refractivity contribution in [2.75, 3.05) is 0 Å². The van der Waals surface area contributed by atoms with Gasteiger partial charge < -0.3 is 4.74 Å². The van der Waals surface area contributed by atoms with Crippen LogP contribution in [0.5, 0.6) is 5.75 Å². The zero-order chi connectivity index (χ0) is 10.0. The fourth-order valence-corrected chi connectivity index (χ4v) is 0.869. The van der Waals surface area contributed by atoms with Crippen molar-refractivity contribution in [3.63, 3.8) is 0 Å². The van der Waals surface area contributed by atoms with Gasteiger partial charge in [0, 0.05) is 12.1 Å². The van der Waals surface area contributed by atoms with Gasteiger partial charge in [0.2, 0.25) is 0 Å². The van der Waals surface area contributed by atoms with Crippen LogP contribution in [0.1, 0.15) is 0 Å². The minimum atomic E-state index is -1.56. The maximum absolute atomic E-state index is 12.5. The summed E-state index contributed by atoms with van der Waals surface area (Å²) in [5.74, 6) is -4.56. The number of benzene rings is 1. The lowest BCUT2D eigenvalue weighted by atomic mass is 10.3. The smallest absolute Gasteiger partial charge is 0.260 e. The summed E-state index contributed by atoms with van der Waals surface area (Å²) in [7, 11) is 0. The first-order chi connectivity index (χ1) is 6.00. The highest BCUT2D eigenvalue weighted by Crippen LogP contribution is 2.19. The predicted octanol–water partition coefficient (Wildman–Crippen LogP) is 3.01. The highest BCUT2D eigenvalue weighted by Gasteiger charge is 2.11. The zero-order valence-electron chi connectivity index (χ0n) is 5.98. The van der Waals surface area contributed by atoms with Gasteiger partial charge in [-0.2, -0.15) is 0 Å². The van der Waals surface area contributed by atoms with Gasteiger partial charge in [0.25, 0.3) is 4.51 Å². The van der Waals surface area contributed by atoms with E-state index in [1.165, 1.54) is 0 Å². The molecular formula is C7H2ClF3OS. The molecule has 6 heteroatoms. The molecule has 0 fully saturated rings. The molecule has 1 aromatic rings. The molecular weight excluding hydrogens is 225 g/mol. The van der Waals surface area contributed by atoms with Gasteiger partial charge in [-0.1, -0.05) is 0 Å². The van der Waals surface area contributed by atoms with Gasteiger partial charge in [-0.05, 0) is 23.8 Å². The quantitative estimate of drug-likeness (QED) is 0.414. The zero-order valence-corrected chi connectivity index (χ0v) is 7.56. The molecule has 0 saturated heterocycles. The van der Waals surface area contributed by atoms with E-state index in [2.05, 4.69) is 17.0 Å². The number of rotatable bonds is 1. The Hall–Kier alpha value is -0.810. The van der Waals surface area contributed by atoms with Crippen LogP contribution in [0.15, 0.2) is 12.1 Å². The van der Waals surface area contributed by atoms with Crippen LogP contribution in [0.3, 0.4) is 0 Å². The maximum Gasteiger partial charge on any atom is 0.260 e. The van der Waals surface area contributed by atoms with Crippen molar-refractivity contribution in [2.24, 2.45) is 0 Å². The van der Waals surface area contributed by atoms with Crippen LogP contribution >= 0.6 is 23.8 Å². The number of ether oxygens (including phenoxy) is 1. The summed E-state index contributed by atoms with van der Waals surface area (Å²) in [4.78, 5) is 0. The molecule has 0 bridgehead atoms. The van der Waals surface area contributed by atoms with Crippen LogP contribution in [0.25, 0.3) is 0 Å². The van der Waals surface area contributed by atoms with Crippen LogP contribution in [0, 0.1) is 17.5 Å². The summed E-state index contributed by atoms with van der Waals surface area (Å²) < 4.78 is 41.5. The minimum Gasteiger partial charge on any atom is -0.436 e. The second kappa shape index (κ2) is 3.93. The first-order valence-electron chi connectivity index (χ1n) is 3.02. The van der Waals surface area contributed by atoms with E-state index >= 15 is 0 Å². The Labute approximate surface area is 82.1 Å². The van der Waals surface area contributed by atoms with Crippen molar-refractivity contribution in [2.45, 2.75) is 0 Å². The van der Waals surface area contributed by atoms with Crippen molar-refractivity contribution in [1.82, 2.24) is 0 Å². The monoisotopic (exact) mass is 226 g/mol. The molecule has 0 amide bonds. The summed E-state index contributed by atoms with van der Waals surface area (Å²) in [6.07, 6.45) is 0. The largest absolute Gasteiger partial charge is 0.436 e. The normalized spacial score (nSPS) is 9.85. The number of thiocarbonyl (C=S) groups is 1. The Morgan fingerprint density at radius 1 is 1.23 bits per heavy atom. The van der Waals surface area contributed by atoms with Gasteiger partial charge in [0.05, 0.1) is 0 Å². The molecule has 0 aliphatic heterocycles. The van der Waals surface area contributed by atoms with Gasteiger partial charge in [0.1, 0.15) is 5.75 Å². The van der Waals surface area contributed by atoms with Gasteiger partial charge in [-0.15, -0.1) is 0 Å². The van der Waals surface area contributed by atoms with E-state index in [-0.39, 0.29) is 5.75 Å². The third-order valence-electron chi connectivity index (χ3n) is 1.16. The van der Waals surface area contributed by atoms with Gasteiger partial charge >= 0.3 is 0 Å². The second-order valence-electron chi connectivity index (χ2n) is 2.04. The fourth-order valence-electron chi connectivity index (χ4n) is 0.684. The molecule has 0 aromatic heterocycles. The minimum absolute atomic E-state index is 0.281. The molecule has 1 rings (SSSR count). The van der Waals surface area contributed by atoms with Crippen molar-refractivity contribution in [3.05, 3.63) is 29.6 Å². The Morgan fingerprint density at radius 3 is 2.08 bits per heavy atom. The van der Waals surface area contributed by atoms with E-state index in [1.807, 2.05) is 0 Å². The molecule has 0 saturated carbocycles. The SMILES string of the molecule is Fc1cc(OC(=S)Cl)cc(F)c1F. The highest BCUT2D eigenvalue weighted by molar-refractivity contribution is 7.82. The fraction of sp³-hybridized carbons (Fsp3) is 0. The average Bonchev–Trinajstić information content (AvgIpc) is 1.98. The second-order valence-corrected chi connectivity index (χ2v) is 2.98. The van der Waals surface area contributed by atoms with E-state index in [9.17, 15) is 13.2 Å². The average molecular weight is 227 g/mol. The van der Waals surface area contributed by atoms with Crippen molar-refractivity contribution < 1.29 is 17.9 Å². The Morgan fingerprint density at radius 2 is 1.69 bits per heavy atom. The molecule has 0 spiro atoms. The van der Waals surface area contributed by atoms with E-state index in [1.54, 1.807) is 0 Å². The van der Waals surface area contributed by atoms with Crippen LogP contribution in [0.4, 0.5) is 13.2 Å². The lowest BCUT2D eigenvalue weighted by molar-refractivity contribution is 0.437. The lowest BCUT2D eigenvalue weighted by Crippen LogP contribution is -1.99. The Bertz CT molecular complexity index is 333. The van der Waals surface area contributed by atoms with E-state index in [0.29, 0.717) is 12.1 Å². The number of hydrogen-bond acceptors (Lipinski definition) is 2. The van der Waals surface area contributed by atoms with Gasteiger partial charge in [-0.3, -0.25) is 0 Å². The third kappa shape index (κ3) is 2.57. The van der Waals surface area contributed by atoms with Crippen molar-refractivity contribution >= 4 is 28.3 Å². The molecule has 0 radical (unpaired) electrons. The lowest BCUT2D eigenvalue weighted by Gasteiger charge is -2.02. The molecule has 1 nitrogen and oxygen atoms in total. The van der Waals surface area contributed by atoms with Crippen LogP contribution in [-0.4, -0.2) is 4.51 Å². The standard InChI is InChI=1S/C7H2ClF3OS/c8-7(13)12-3-1-4(9)6(11)5(10)2-3/h1-2H. The van der Waals surface area contributed by atoms with E-state index < -0.39 is 22.0 Å². The van der Waals surface area contributed by atoms with Crippen molar-refractivity contribution in [1.29, 1.82) is 0 Å². The molecule has 0 heterocycles. The molecule has 0 unspecified atom stereocenters. The summed E-state index contributed by atoms with van der Waals surface area (Å²) in [6.45, 7) is 0. The molecule has 0 N–H and O–H groups in total. The topological polar surface area (TPSA) is 9.23 Å². The van der Waals surface area contributed by atoms with Crippen LogP contribution < -0.4 is 4.74 Å². The summed E-state index contributed by atoms with van der Waals surface area (Å²) in [6, 6.07) is 1.29. The Kier molecular flexibility index (Phi) is 3.11. The molecule has 1 aromatic carbocycles. The molecule has 13 heavy (non-hydrogen) atoms. The van der Waals surface area contributed by atoms with E-state index in [0.717, 1.165) is 0 Å². The maximum atomic E-state index is 12.5. The Balaban J connectivity index is 3.06. The van der Waals surface area contributed by atoms with Crippen LogP contribution in [0.2, 0.25) is 0 Å². The number of hydrogen-bond donors (Lipinski definition) is 0. The molecule has 0 atom stereocenters. The highest BCUT2D eigenvalue weighted by atomic mass is 35.5.